The molecule has 1 saturated heterocycles. The van der Waals surface area contributed by atoms with Crippen LogP contribution in [0, 0.1) is 0 Å². The minimum Gasteiger partial charge on any atom is -0.357 e. The molecule has 1 aliphatic rings. The average molecular weight is 395 g/mol. The van der Waals surface area contributed by atoms with Gasteiger partial charge in [-0.25, -0.2) is 13.4 Å². The molecule has 1 unspecified atom stereocenters. The van der Waals surface area contributed by atoms with E-state index >= 15 is 0 Å². The summed E-state index contributed by atoms with van der Waals surface area (Å²) in [6.07, 6.45) is 2.63. The Labute approximate surface area is 162 Å². The Kier molecular flexibility index (Phi) is 8.09. The molecule has 7 nitrogen and oxygen atoms in total. The Bertz CT molecular complexity index is 745. The van der Waals surface area contributed by atoms with Crippen LogP contribution < -0.4 is 16.0 Å². The number of nitrogens with one attached hydrogen (secondary N) is 3. The van der Waals surface area contributed by atoms with Crippen molar-refractivity contribution in [2.75, 3.05) is 24.6 Å². The van der Waals surface area contributed by atoms with Crippen LogP contribution in [-0.2, 0) is 16.4 Å². The van der Waals surface area contributed by atoms with Crippen molar-refractivity contribution in [2.24, 2.45) is 4.99 Å². The molecule has 0 saturated carbocycles. The third-order valence-corrected chi connectivity index (χ3v) is 6.14. The van der Waals surface area contributed by atoms with Gasteiger partial charge in [-0.2, -0.15) is 0 Å². The van der Waals surface area contributed by atoms with Crippen LogP contribution in [0.15, 0.2) is 29.3 Å². The molecule has 1 aromatic carbocycles. The zero-order valence-electron chi connectivity index (χ0n) is 16.1. The number of nitrogens with zero attached hydrogens (tertiary/aromatic N) is 1. The number of carbonyl (C=O) groups is 1. The molecule has 150 valence electrons. The maximum absolute atomic E-state index is 12.0. The summed E-state index contributed by atoms with van der Waals surface area (Å²) in [5, 5.41) is 9.24. The van der Waals surface area contributed by atoms with Gasteiger partial charge in [-0.3, -0.25) is 4.79 Å². The van der Waals surface area contributed by atoms with Gasteiger partial charge in [0.15, 0.2) is 15.8 Å². The van der Waals surface area contributed by atoms with Gasteiger partial charge in [0, 0.05) is 24.7 Å². The van der Waals surface area contributed by atoms with E-state index in [9.17, 15) is 13.2 Å². The van der Waals surface area contributed by atoms with Crippen LogP contribution in [0.1, 0.15) is 49.0 Å². The van der Waals surface area contributed by atoms with Gasteiger partial charge in [-0.1, -0.05) is 25.5 Å². The number of carbonyl (C=O) groups excluding carboxylic acids is 1. The lowest BCUT2D eigenvalue weighted by atomic mass is 10.1. The third-order valence-electron chi connectivity index (χ3n) is 4.37. The SMILES string of the molecule is CCCCNC(=O)c1ccc(CN=C(NCC)NC2CCS(=O)(=O)C2)cc1. The molecule has 1 fully saturated rings. The number of sulfone groups is 1. The van der Waals surface area contributed by atoms with Crippen molar-refractivity contribution in [1.82, 2.24) is 16.0 Å². The molecule has 3 N–H and O–H groups in total. The first-order valence-corrected chi connectivity index (χ1v) is 11.4. The fraction of sp³-hybridized carbons (Fsp3) is 0.579. The Balaban J connectivity index is 1.92. The van der Waals surface area contributed by atoms with E-state index in [1.54, 1.807) is 12.1 Å². The van der Waals surface area contributed by atoms with E-state index in [4.69, 9.17) is 0 Å². The molecule has 0 bridgehead atoms. The summed E-state index contributed by atoms with van der Waals surface area (Å²) in [5.41, 5.74) is 1.62. The van der Waals surface area contributed by atoms with Gasteiger partial charge in [-0.15, -0.1) is 0 Å². The molecule has 0 spiro atoms. The third kappa shape index (κ3) is 7.21. The lowest BCUT2D eigenvalue weighted by molar-refractivity contribution is 0.0953. The maximum Gasteiger partial charge on any atom is 0.251 e. The lowest BCUT2D eigenvalue weighted by Gasteiger charge is -2.15. The number of guanidine groups is 1. The van der Waals surface area contributed by atoms with Crippen molar-refractivity contribution in [3.05, 3.63) is 35.4 Å². The number of unbranched alkanes of at least 4 members (excludes halogenated alkanes) is 1. The van der Waals surface area contributed by atoms with Crippen molar-refractivity contribution in [2.45, 2.75) is 45.7 Å². The van der Waals surface area contributed by atoms with Crippen molar-refractivity contribution in [3.8, 4) is 0 Å². The standard InChI is InChI=1S/C19H30N4O3S/c1-3-5-11-21-18(24)16-8-6-15(7-9-16)13-22-19(20-4-2)23-17-10-12-27(25,26)14-17/h6-9,17H,3-5,10-14H2,1-2H3,(H,21,24)(H2,20,22,23). The van der Waals surface area contributed by atoms with Gasteiger partial charge in [0.2, 0.25) is 0 Å². The summed E-state index contributed by atoms with van der Waals surface area (Å²) in [6, 6.07) is 7.29. The second kappa shape index (κ2) is 10.3. The minimum absolute atomic E-state index is 0.0593. The van der Waals surface area contributed by atoms with E-state index in [0.717, 1.165) is 18.4 Å². The number of hydrogen-bond acceptors (Lipinski definition) is 4. The van der Waals surface area contributed by atoms with Gasteiger partial charge in [0.25, 0.3) is 5.91 Å². The lowest BCUT2D eigenvalue weighted by Crippen LogP contribution is -2.44. The summed E-state index contributed by atoms with van der Waals surface area (Å²) in [6.45, 7) is 5.89. The highest BCUT2D eigenvalue weighted by Gasteiger charge is 2.28. The van der Waals surface area contributed by atoms with Crippen LogP contribution in [0.3, 0.4) is 0 Å². The van der Waals surface area contributed by atoms with Gasteiger partial charge in [-0.05, 0) is 37.5 Å². The van der Waals surface area contributed by atoms with E-state index in [1.807, 2.05) is 19.1 Å². The zero-order valence-corrected chi connectivity index (χ0v) is 16.9. The first kappa shape index (κ1) is 21.2. The highest BCUT2D eigenvalue weighted by molar-refractivity contribution is 7.91. The zero-order chi connectivity index (χ0) is 19.7. The molecular weight excluding hydrogens is 364 g/mol. The number of aliphatic imine (C=N–C) groups is 1. The van der Waals surface area contributed by atoms with Crippen molar-refractivity contribution in [3.63, 3.8) is 0 Å². The fourth-order valence-electron chi connectivity index (χ4n) is 2.83. The molecule has 2 rings (SSSR count). The molecule has 0 aromatic heterocycles. The Hall–Kier alpha value is -2.09. The number of amides is 1. The second-order valence-corrected chi connectivity index (χ2v) is 8.97. The molecule has 8 heteroatoms. The number of hydrogen-bond donors (Lipinski definition) is 3. The van der Waals surface area contributed by atoms with E-state index in [2.05, 4.69) is 27.9 Å². The van der Waals surface area contributed by atoms with Crippen LogP contribution in [-0.4, -0.2) is 50.9 Å². The monoisotopic (exact) mass is 394 g/mol. The van der Waals surface area contributed by atoms with Crippen LogP contribution in [0.5, 0.6) is 0 Å². The minimum atomic E-state index is -2.93. The quantitative estimate of drug-likeness (QED) is 0.352. The molecular formula is C19H30N4O3S. The average Bonchev–Trinajstić information content (AvgIpc) is 2.99. The van der Waals surface area contributed by atoms with Crippen molar-refractivity contribution >= 4 is 21.7 Å². The van der Waals surface area contributed by atoms with E-state index in [-0.39, 0.29) is 23.5 Å². The van der Waals surface area contributed by atoms with Crippen molar-refractivity contribution in [1.29, 1.82) is 0 Å². The number of benzene rings is 1. The first-order valence-electron chi connectivity index (χ1n) is 9.56. The Morgan fingerprint density at radius 3 is 2.52 bits per heavy atom. The fourth-order valence-corrected chi connectivity index (χ4v) is 4.51. The van der Waals surface area contributed by atoms with Gasteiger partial charge in [0.05, 0.1) is 18.1 Å². The Morgan fingerprint density at radius 2 is 1.93 bits per heavy atom. The van der Waals surface area contributed by atoms with Gasteiger partial charge < -0.3 is 16.0 Å². The summed E-state index contributed by atoms with van der Waals surface area (Å²) in [7, 11) is -2.93. The largest absolute Gasteiger partial charge is 0.357 e. The summed E-state index contributed by atoms with van der Waals surface area (Å²) in [5.74, 6) is 0.933. The van der Waals surface area contributed by atoms with E-state index < -0.39 is 9.84 Å². The smallest absolute Gasteiger partial charge is 0.251 e. The predicted molar refractivity (Wildman–Crippen MR) is 109 cm³/mol. The molecule has 1 amide bonds. The highest BCUT2D eigenvalue weighted by Crippen LogP contribution is 2.11. The molecule has 1 heterocycles. The highest BCUT2D eigenvalue weighted by atomic mass is 32.2. The molecule has 0 radical (unpaired) electrons. The van der Waals surface area contributed by atoms with Crippen LogP contribution in [0.2, 0.25) is 0 Å². The van der Waals surface area contributed by atoms with Gasteiger partial charge >= 0.3 is 0 Å². The normalized spacial score (nSPS) is 18.9. The molecule has 27 heavy (non-hydrogen) atoms. The Morgan fingerprint density at radius 1 is 1.19 bits per heavy atom. The maximum atomic E-state index is 12.0. The van der Waals surface area contributed by atoms with Crippen LogP contribution in [0.25, 0.3) is 0 Å². The van der Waals surface area contributed by atoms with Gasteiger partial charge in [0.1, 0.15) is 0 Å². The summed E-state index contributed by atoms with van der Waals surface area (Å²) < 4.78 is 23.2. The van der Waals surface area contributed by atoms with Crippen LogP contribution >= 0.6 is 0 Å². The first-order chi connectivity index (χ1) is 12.9. The molecule has 0 aliphatic carbocycles. The number of rotatable bonds is 8. The molecule has 1 atom stereocenters. The summed E-state index contributed by atoms with van der Waals surface area (Å²) >= 11 is 0. The predicted octanol–water partition coefficient (Wildman–Crippen LogP) is 1.46. The summed E-state index contributed by atoms with van der Waals surface area (Å²) in [4.78, 5) is 16.5. The van der Waals surface area contributed by atoms with Crippen molar-refractivity contribution < 1.29 is 13.2 Å². The second-order valence-electron chi connectivity index (χ2n) is 6.75. The topological polar surface area (TPSA) is 99.7 Å². The molecule has 1 aromatic rings. The van der Waals surface area contributed by atoms with E-state index in [0.29, 0.717) is 37.6 Å². The van der Waals surface area contributed by atoms with E-state index in [1.165, 1.54) is 0 Å². The van der Waals surface area contributed by atoms with Crippen LogP contribution in [0.4, 0.5) is 0 Å². The molecule has 1 aliphatic heterocycles.